The minimum absolute atomic E-state index is 0.0491. The van der Waals surface area contributed by atoms with Crippen LogP contribution in [-0.2, 0) is 4.84 Å². The number of nitrogens with zero attached hydrogens (tertiary/aromatic N) is 4. The second-order valence-corrected chi connectivity index (χ2v) is 9.11. The fraction of sp³-hybridized carbons (Fsp3) is 0.360. The van der Waals surface area contributed by atoms with Crippen molar-refractivity contribution in [1.29, 1.82) is 0 Å². The topological polar surface area (TPSA) is 114 Å². The number of aromatic nitrogens is 3. The lowest BCUT2D eigenvalue weighted by Crippen LogP contribution is -2.24. The second kappa shape index (κ2) is 12.4. The maximum atomic E-state index is 12.8. The molecule has 0 fully saturated rings. The van der Waals surface area contributed by atoms with Crippen LogP contribution in [0.1, 0.15) is 42.6 Å². The number of hydroxylamine groups is 1. The number of ether oxygens (including phenoxy) is 1. The lowest BCUT2D eigenvalue weighted by atomic mass is 10.2. The van der Waals surface area contributed by atoms with E-state index in [1.165, 1.54) is 6.20 Å². The minimum atomic E-state index is -0.411. The van der Waals surface area contributed by atoms with Gasteiger partial charge < -0.3 is 19.7 Å². The fourth-order valence-corrected chi connectivity index (χ4v) is 3.73. The summed E-state index contributed by atoms with van der Waals surface area (Å²) >= 11 is 1.56. The number of anilines is 5. The van der Waals surface area contributed by atoms with Gasteiger partial charge in [0.2, 0.25) is 0 Å². The van der Waals surface area contributed by atoms with E-state index in [0.717, 1.165) is 22.8 Å². The maximum Gasteiger partial charge on any atom is 0.278 e. The van der Waals surface area contributed by atoms with E-state index in [1.54, 1.807) is 24.9 Å². The van der Waals surface area contributed by atoms with Crippen LogP contribution in [0, 0.1) is 13.8 Å². The van der Waals surface area contributed by atoms with Gasteiger partial charge in [-0.05, 0) is 46.8 Å². The molecule has 0 radical (unpaired) electrons. The number of rotatable bonds is 11. The first-order valence-electron chi connectivity index (χ1n) is 11.6. The second-order valence-electron chi connectivity index (χ2n) is 8.20. The molecule has 36 heavy (non-hydrogen) atoms. The van der Waals surface area contributed by atoms with Gasteiger partial charge in [-0.3, -0.25) is 9.63 Å². The monoisotopic (exact) mass is 511 g/mol. The van der Waals surface area contributed by atoms with Crippen LogP contribution in [0.25, 0.3) is 0 Å². The zero-order valence-corrected chi connectivity index (χ0v) is 22.5. The van der Waals surface area contributed by atoms with E-state index in [9.17, 15) is 4.79 Å². The summed E-state index contributed by atoms with van der Waals surface area (Å²) in [5.41, 5.74) is 5.83. The van der Waals surface area contributed by atoms with Crippen LogP contribution in [0.4, 0.5) is 28.7 Å². The van der Waals surface area contributed by atoms with E-state index < -0.39 is 5.91 Å². The Morgan fingerprint density at radius 2 is 1.86 bits per heavy atom. The number of amides is 1. The van der Waals surface area contributed by atoms with Gasteiger partial charge in [0.1, 0.15) is 23.2 Å². The van der Waals surface area contributed by atoms with Crippen molar-refractivity contribution in [2.24, 2.45) is 0 Å². The number of carbonyl (C=O) groups is 1. The van der Waals surface area contributed by atoms with Crippen molar-refractivity contribution in [2.75, 3.05) is 34.8 Å². The summed E-state index contributed by atoms with van der Waals surface area (Å²) in [5, 5.41) is 6.60. The van der Waals surface area contributed by atoms with Crippen molar-refractivity contribution < 1.29 is 14.4 Å². The van der Waals surface area contributed by atoms with E-state index in [-0.39, 0.29) is 6.10 Å². The van der Waals surface area contributed by atoms with Crippen molar-refractivity contribution in [1.82, 2.24) is 20.4 Å². The van der Waals surface area contributed by atoms with Gasteiger partial charge in [-0.1, -0.05) is 11.9 Å². The highest BCUT2D eigenvalue weighted by Crippen LogP contribution is 2.36. The van der Waals surface area contributed by atoms with E-state index in [2.05, 4.69) is 31.1 Å². The molecule has 2 aromatic heterocycles. The molecule has 1 aromatic carbocycles. The van der Waals surface area contributed by atoms with E-state index in [0.29, 0.717) is 35.3 Å². The van der Waals surface area contributed by atoms with Gasteiger partial charge in [-0.15, -0.1) is 0 Å². The highest BCUT2D eigenvalue weighted by molar-refractivity contribution is 7.99. The molecule has 11 heteroatoms. The van der Waals surface area contributed by atoms with Gasteiger partial charge in [-0.2, -0.15) is 0 Å². The van der Waals surface area contributed by atoms with Crippen molar-refractivity contribution in [2.45, 2.75) is 40.7 Å². The first kappa shape index (κ1) is 27.0. The van der Waals surface area contributed by atoms with Crippen molar-refractivity contribution in [3.05, 3.63) is 53.6 Å². The third-order valence-electron chi connectivity index (χ3n) is 4.90. The Morgan fingerprint density at radius 3 is 2.53 bits per heavy atom. The number of hydrogen-bond donors (Lipinski definition) is 3. The summed E-state index contributed by atoms with van der Waals surface area (Å²) in [6.07, 6.45) is 3.53. The molecule has 0 aliphatic rings. The Bertz CT molecular complexity index is 1190. The van der Waals surface area contributed by atoms with Crippen LogP contribution in [-0.4, -0.2) is 46.9 Å². The van der Waals surface area contributed by atoms with Gasteiger partial charge in [0, 0.05) is 43.4 Å². The molecule has 0 atom stereocenters. The molecule has 0 saturated carbocycles. The molecule has 0 saturated heterocycles. The molecule has 3 aromatic rings. The molecule has 0 unspecified atom stereocenters. The zero-order valence-electron chi connectivity index (χ0n) is 21.7. The summed E-state index contributed by atoms with van der Waals surface area (Å²) in [4.78, 5) is 31.1. The lowest BCUT2D eigenvalue weighted by molar-refractivity contribution is 0.0365. The number of carbonyl (C=O) groups excluding carboxylic acids is 1. The minimum Gasteiger partial charge on any atom is -0.491 e. The standard InChI is InChI=1S/C25H33N7O3S/c1-8-34-31-25(33)19-14-26-23(30-24-11-16(4)27-17(5)28-24)13-21(19)29-20-10-9-18(35-15(2)3)12-22(20)32(6)36-7/h9-15H,8H2,1-7H3,(H,31,33)(H2,26,27,28,29,30). The number of hydrogen-bond acceptors (Lipinski definition) is 10. The Labute approximate surface area is 216 Å². The molecule has 3 rings (SSSR count). The third-order valence-corrected chi connectivity index (χ3v) is 5.65. The van der Waals surface area contributed by atoms with Gasteiger partial charge in [-0.25, -0.2) is 20.4 Å². The summed E-state index contributed by atoms with van der Waals surface area (Å²) < 4.78 is 7.91. The zero-order chi connectivity index (χ0) is 26.2. The molecule has 1 amide bonds. The van der Waals surface area contributed by atoms with Crippen LogP contribution in [0.3, 0.4) is 0 Å². The van der Waals surface area contributed by atoms with Crippen LogP contribution in [0.5, 0.6) is 5.75 Å². The first-order valence-corrected chi connectivity index (χ1v) is 12.7. The van der Waals surface area contributed by atoms with Crippen LogP contribution < -0.4 is 25.2 Å². The molecular formula is C25H33N7O3S. The third kappa shape index (κ3) is 7.22. The van der Waals surface area contributed by atoms with E-state index in [1.807, 2.05) is 69.6 Å². The summed E-state index contributed by atoms with van der Waals surface area (Å²) in [6.45, 7) is 9.84. The maximum absolute atomic E-state index is 12.8. The van der Waals surface area contributed by atoms with Gasteiger partial charge in [0.05, 0.1) is 35.3 Å². The molecule has 0 bridgehead atoms. The Hall–Kier alpha value is -3.57. The smallest absolute Gasteiger partial charge is 0.278 e. The lowest BCUT2D eigenvalue weighted by Gasteiger charge is -2.23. The van der Waals surface area contributed by atoms with Crippen LogP contribution in [0.15, 0.2) is 36.5 Å². The summed E-state index contributed by atoms with van der Waals surface area (Å²) in [7, 11) is 1.96. The first-order chi connectivity index (χ1) is 17.2. The van der Waals surface area contributed by atoms with Crippen LogP contribution in [0.2, 0.25) is 0 Å². The van der Waals surface area contributed by atoms with Crippen LogP contribution >= 0.6 is 11.9 Å². The predicted octanol–water partition coefficient (Wildman–Crippen LogP) is 5.16. The molecule has 0 aliphatic carbocycles. The van der Waals surface area contributed by atoms with Crippen molar-refractivity contribution in [3.63, 3.8) is 0 Å². The molecule has 0 spiro atoms. The Kier molecular flexibility index (Phi) is 9.31. The molecule has 2 heterocycles. The van der Waals surface area contributed by atoms with Gasteiger partial charge in [0.15, 0.2) is 0 Å². The van der Waals surface area contributed by atoms with Crippen molar-refractivity contribution in [3.8, 4) is 5.75 Å². The van der Waals surface area contributed by atoms with E-state index >= 15 is 0 Å². The van der Waals surface area contributed by atoms with E-state index in [4.69, 9.17) is 9.57 Å². The SMILES string of the molecule is CCONC(=O)c1cnc(Nc2cc(C)nc(C)n2)cc1Nc1ccc(OC(C)C)cc1N(C)SC. The Morgan fingerprint density at radius 1 is 1.08 bits per heavy atom. The molecular weight excluding hydrogens is 478 g/mol. The molecule has 0 aliphatic heterocycles. The number of aryl methyl sites for hydroxylation is 2. The number of pyridine rings is 1. The molecule has 10 nitrogen and oxygen atoms in total. The van der Waals surface area contributed by atoms with Gasteiger partial charge in [0.25, 0.3) is 5.91 Å². The quantitative estimate of drug-likeness (QED) is 0.236. The van der Waals surface area contributed by atoms with Crippen molar-refractivity contribution >= 4 is 46.6 Å². The predicted molar refractivity (Wildman–Crippen MR) is 146 cm³/mol. The average molecular weight is 512 g/mol. The number of nitrogens with one attached hydrogen (secondary N) is 3. The molecule has 192 valence electrons. The molecule has 3 N–H and O–H groups in total. The summed E-state index contributed by atoms with van der Waals surface area (Å²) in [5.74, 6) is 2.13. The average Bonchev–Trinajstić information content (AvgIpc) is 2.82. The number of benzene rings is 1. The normalized spacial score (nSPS) is 10.8. The highest BCUT2D eigenvalue weighted by Gasteiger charge is 2.17. The fourth-order valence-electron chi connectivity index (χ4n) is 3.38. The highest BCUT2D eigenvalue weighted by atomic mass is 32.2. The summed E-state index contributed by atoms with van der Waals surface area (Å²) in [6, 6.07) is 9.37. The Balaban J connectivity index is 2.02. The largest absolute Gasteiger partial charge is 0.491 e. The van der Waals surface area contributed by atoms with Gasteiger partial charge >= 0.3 is 0 Å².